The van der Waals surface area contributed by atoms with E-state index in [-0.39, 0.29) is 5.91 Å². The van der Waals surface area contributed by atoms with Crippen LogP contribution in [0.1, 0.15) is 17.7 Å². The van der Waals surface area contributed by atoms with Crippen molar-refractivity contribution in [1.82, 2.24) is 15.3 Å². The molecule has 0 radical (unpaired) electrons. The molecule has 5 nitrogen and oxygen atoms in total. The highest BCUT2D eigenvalue weighted by molar-refractivity contribution is 5.91. The van der Waals surface area contributed by atoms with E-state index in [1.54, 1.807) is 24.5 Å². The van der Waals surface area contributed by atoms with E-state index in [0.717, 1.165) is 31.1 Å². The molecule has 1 unspecified atom stereocenters. The number of halogens is 3. The monoisotopic (exact) mass is 402 g/mol. The summed E-state index contributed by atoms with van der Waals surface area (Å²) in [5, 5.41) is 2.89. The van der Waals surface area contributed by atoms with Crippen molar-refractivity contribution in [1.29, 1.82) is 0 Å². The molecule has 1 aliphatic carbocycles. The highest BCUT2D eigenvalue weighted by atomic mass is 19.4. The van der Waals surface area contributed by atoms with Crippen molar-refractivity contribution in [2.45, 2.75) is 12.6 Å². The third-order valence-electron chi connectivity index (χ3n) is 5.66. The second-order valence-electron chi connectivity index (χ2n) is 7.49. The van der Waals surface area contributed by atoms with Crippen molar-refractivity contribution in [2.75, 3.05) is 24.5 Å². The fraction of sp³-hybridized carbons (Fsp3) is 0.381. The number of aromatic nitrogens is 2. The van der Waals surface area contributed by atoms with Crippen LogP contribution in [0.3, 0.4) is 0 Å². The minimum Gasteiger partial charge on any atom is -0.371 e. The number of nitrogens with zero attached hydrogens (tertiary/aromatic N) is 3. The van der Waals surface area contributed by atoms with Gasteiger partial charge in [-0.1, -0.05) is 6.07 Å². The first-order valence-corrected chi connectivity index (χ1v) is 9.56. The average molecular weight is 402 g/mol. The van der Waals surface area contributed by atoms with Crippen molar-refractivity contribution < 1.29 is 18.0 Å². The summed E-state index contributed by atoms with van der Waals surface area (Å²) in [6.45, 7) is 2.11. The quantitative estimate of drug-likeness (QED) is 0.753. The van der Waals surface area contributed by atoms with Gasteiger partial charge in [0.05, 0.1) is 0 Å². The number of pyridine rings is 2. The predicted octanol–water partition coefficient (Wildman–Crippen LogP) is 3.40. The van der Waals surface area contributed by atoms with Crippen LogP contribution in [0.4, 0.5) is 18.9 Å². The molecule has 0 aromatic carbocycles. The van der Waals surface area contributed by atoms with Gasteiger partial charge in [-0.15, -0.1) is 0 Å². The van der Waals surface area contributed by atoms with Crippen LogP contribution < -0.4 is 10.2 Å². The number of rotatable bonds is 6. The van der Waals surface area contributed by atoms with Gasteiger partial charge in [0.1, 0.15) is 5.69 Å². The maximum atomic E-state index is 12.8. The number of piperidine rings is 1. The van der Waals surface area contributed by atoms with Crippen molar-refractivity contribution >= 4 is 17.7 Å². The lowest BCUT2D eigenvalue weighted by Crippen LogP contribution is -2.27. The Labute approximate surface area is 166 Å². The number of carbonyl (C=O) groups excluding carboxylic acids is 1. The Hall–Kier alpha value is -2.90. The molecule has 0 bridgehead atoms. The number of amides is 1. The zero-order chi connectivity index (χ0) is 20.4. The van der Waals surface area contributed by atoms with Gasteiger partial charge in [-0.2, -0.15) is 13.2 Å². The Kier molecular flexibility index (Phi) is 5.25. The number of hydrogen-bond donors (Lipinski definition) is 1. The average Bonchev–Trinajstić information content (AvgIpc) is 3.15. The van der Waals surface area contributed by atoms with Gasteiger partial charge in [-0.25, -0.2) is 0 Å². The fourth-order valence-corrected chi connectivity index (χ4v) is 4.13. The first kappa shape index (κ1) is 19.4. The van der Waals surface area contributed by atoms with Crippen molar-refractivity contribution in [2.24, 2.45) is 17.8 Å². The molecular weight excluding hydrogens is 381 g/mol. The first-order valence-electron chi connectivity index (χ1n) is 9.56. The molecule has 3 atom stereocenters. The summed E-state index contributed by atoms with van der Waals surface area (Å²) in [4.78, 5) is 21.3. The molecular formula is C21H21F3N4O. The van der Waals surface area contributed by atoms with Crippen LogP contribution in [0, 0.1) is 17.8 Å². The standard InChI is InChI=1S/C21H21F3N4O/c22-21(23,24)19-10-15(5-8-26-19)28-12-17-16(18(17)13-28)6-9-27-20(29)4-3-14-2-1-7-25-11-14/h1-5,7-8,10-11,16-18H,6,9,12-13H2,(H,27,29)/b4-3+/t16?,17-,18+. The van der Waals surface area contributed by atoms with Gasteiger partial charge < -0.3 is 10.2 Å². The SMILES string of the molecule is O=C(/C=C/c1cccnc1)NCCC1[C@H]2CN(c3ccnc(C(F)(F)F)c3)C[C@@H]12. The van der Waals surface area contributed by atoms with Crippen LogP contribution in [0.5, 0.6) is 0 Å². The Morgan fingerprint density at radius 2 is 2.03 bits per heavy atom. The lowest BCUT2D eigenvalue weighted by molar-refractivity contribution is -0.141. The summed E-state index contributed by atoms with van der Waals surface area (Å²) in [7, 11) is 0. The molecule has 1 saturated carbocycles. The number of fused-ring (bicyclic) bond motifs is 1. The molecule has 1 aliphatic heterocycles. The van der Waals surface area contributed by atoms with E-state index in [1.165, 1.54) is 12.3 Å². The smallest absolute Gasteiger partial charge is 0.371 e. The number of anilines is 1. The Morgan fingerprint density at radius 3 is 2.72 bits per heavy atom. The second kappa shape index (κ2) is 7.85. The zero-order valence-corrected chi connectivity index (χ0v) is 15.6. The van der Waals surface area contributed by atoms with Crippen LogP contribution in [0.2, 0.25) is 0 Å². The molecule has 4 rings (SSSR count). The van der Waals surface area contributed by atoms with Gasteiger partial charge in [0, 0.05) is 50.0 Å². The number of nitrogens with one attached hydrogen (secondary N) is 1. The number of hydrogen-bond acceptors (Lipinski definition) is 4. The fourth-order valence-electron chi connectivity index (χ4n) is 4.13. The summed E-state index contributed by atoms with van der Waals surface area (Å²) < 4.78 is 38.5. The van der Waals surface area contributed by atoms with Gasteiger partial charge in [0.2, 0.25) is 5.91 Å². The van der Waals surface area contributed by atoms with Crippen LogP contribution in [-0.4, -0.2) is 35.5 Å². The summed E-state index contributed by atoms with van der Waals surface area (Å²) in [5.41, 5.74) is 0.588. The van der Waals surface area contributed by atoms with Crippen LogP contribution in [0.15, 0.2) is 48.9 Å². The molecule has 3 heterocycles. The summed E-state index contributed by atoms with van der Waals surface area (Å²) in [6, 6.07) is 6.43. The van der Waals surface area contributed by atoms with E-state index in [0.29, 0.717) is 30.0 Å². The van der Waals surface area contributed by atoms with Gasteiger partial charge in [-0.3, -0.25) is 14.8 Å². The van der Waals surface area contributed by atoms with E-state index in [4.69, 9.17) is 0 Å². The van der Waals surface area contributed by atoms with Gasteiger partial charge in [0.25, 0.3) is 0 Å². The van der Waals surface area contributed by atoms with Gasteiger partial charge >= 0.3 is 6.18 Å². The zero-order valence-electron chi connectivity index (χ0n) is 15.6. The van der Waals surface area contributed by atoms with E-state index < -0.39 is 11.9 Å². The highest BCUT2D eigenvalue weighted by Gasteiger charge is 2.55. The van der Waals surface area contributed by atoms with Crippen molar-refractivity contribution in [3.8, 4) is 0 Å². The Bertz CT molecular complexity index is 888. The number of carbonyl (C=O) groups is 1. The third kappa shape index (κ3) is 4.58. The Balaban J connectivity index is 1.20. The van der Waals surface area contributed by atoms with Crippen LogP contribution in [0.25, 0.3) is 6.08 Å². The normalized spacial score (nSPS) is 23.3. The van der Waals surface area contributed by atoms with E-state index in [1.807, 2.05) is 17.0 Å². The molecule has 152 valence electrons. The highest BCUT2D eigenvalue weighted by Crippen LogP contribution is 2.54. The summed E-state index contributed by atoms with van der Waals surface area (Å²) in [5.74, 6) is 1.36. The molecule has 1 N–H and O–H groups in total. The molecule has 8 heteroatoms. The molecule has 2 aliphatic rings. The lowest BCUT2D eigenvalue weighted by Gasteiger charge is -2.22. The molecule has 0 spiro atoms. The largest absolute Gasteiger partial charge is 0.433 e. The van der Waals surface area contributed by atoms with Gasteiger partial charge in [0.15, 0.2) is 0 Å². The molecule has 2 aromatic heterocycles. The molecule has 2 aromatic rings. The summed E-state index contributed by atoms with van der Waals surface area (Å²) >= 11 is 0. The van der Waals surface area contributed by atoms with E-state index >= 15 is 0 Å². The topological polar surface area (TPSA) is 58.1 Å². The molecule has 1 amide bonds. The van der Waals surface area contributed by atoms with Crippen molar-refractivity contribution in [3.05, 3.63) is 60.2 Å². The maximum absolute atomic E-state index is 12.8. The minimum atomic E-state index is -4.43. The third-order valence-corrected chi connectivity index (χ3v) is 5.66. The van der Waals surface area contributed by atoms with E-state index in [2.05, 4.69) is 15.3 Å². The van der Waals surface area contributed by atoms with Gasteiger partial charge in [-0.05, 0) is 54.0 Å². The Morgan fingerprint density at radius 1 is 1.24 bits per heavy atom. The van der Waals surface area contributed by atoms with E-state index in [9.17, 15) is 18.0 Å². The molecule has 1 saturated heterocycles. The number of alkyl halides is 3. The minimum absolute atomic E-state index is 0.141. The second-order valence-corrected chi connectivity index (χ2v) is 7.49. The predicted molar refractivity (Wildman–Crippen MR) is 103 cm³/mol. The van der Waals surface area contributed by atoms with Crippen LogP contribution >= 0.6 is 0 Å². The summed E-state index contributed by atoms with van der Waals surface area (Å²) in [6.07, 6.45) is 4.25. The lowest BCUT2D eigenvalue weighted by atomic mass is 10.2. The maximum Gasteiger partial charge on any atom is 0.433 e. The molecule has 2 fully saturated rings. The van der Waals surface area contributed by atoms with Crippen LogP contribution in [-0.2, 0) is 11.0 Å². The van der Waals surface area contributed by atoms with Crippen molar-refractivity contribution in [3.63, 3.8) is 0 Å². The molecule has 29 heavy (non-hydrogen) atoms. The first-order chi connectivity index (χ1) is 13.9.